The van der Waals surface area contributed by atoms with E-state index in [4.69, 9.17) is 25.1 Å². The Kier molecular flexibility index (Phi) is 10.2. The van der Waals surface area contributed by atoms with Crippen LogP contribution in [0, 0.1) is 5.92 Å². The summed E-state index contributed by atoms with van der Waals surface area (Å²) in [6.45, 7) is -0.169. The second kappa shape index (κ2) is 12.4. The van der Waals surface area contributed by atoms with Gasteiger partial charge in [0.05, 0.1) is 32.0 Å². The summed E-state index contributed by atoms with van der Waals surface area (Å²) >= 11 is 0. The quantitative estimate of drug-likeness (QED) is 0.134. The molecule has 38 heavy (non-hydrogen) atoms. The minimum absolute atomic E-state index is 0.118. The molecule has 5 unspecified atom stereocenters. The number of nitrogen functional groups attached to an aromatic ring is 1. The highest BCUT2D eigenvalue weighted by Crippen LogP contribution is 2.52. The fourth-order valence-corrected chi connectivity index (χ4v) is 6.14. The summed E-state index contributed by atoms with van der Waals surface area (Å²) in [5.74, 6) is -3.38. The number of nitrogens with zero attached hydrogens (tertiary/aromatic N) is 2. The molecule has 0 aromatic carbocycles. The summed E-state index contributed by atoms with van der Waals surface area (Å²) < 4.78 is 50.4. The highest BCUT2D eigenvalue weighted by atomic mass is 31.2. The van der Waals surface area contributed by atoms with E-state index in [1.807, 2.05) is 0 Å². The van der Waals surface area contributed by atoms with Crippen LogP contribution in [0.1, 0.15) is 19.6 Å². The first-order chi connectivity index (χ1) is 17.6. The zero-order valence-corrected chi connectivity index (χ0v) is 21.7. The van der Waals surface area contributed by atoms with Crippen LogP contribution >= 0.6 is 15.4 Å². The van der Waals surface area contributed by atoms with Crippen molar-refractivity contribution in [2.75, 3.05) is 25.6 Å². The third-order valence-electron chi connectivity index (χ3n) is 5.93. The Morgan fingerprint density at radius 3 is 2.55 bits per heavy atom. The number of ether oxygens (including phenoxy) is 3. The molecule has 20 heteroatoms. The van der Waals surface area contributed by atoms with Gasteiger partial charge in [-0.1, -0.05) is 6.92 Å². The predicted octanol–water partition coefficient (Wildman–Crippen LogP) is -4.06. The summed E-state index contributed by atoms with van der Waals surface area (Å²) in [7, 11) is -11.2. The highest BCUT2D eigenvalue weighted by Gasteiger charge is 2.46. The van der Waals surface area contributed by atoms with Crippen LogP contribution in [0.5, 0.6) is 0 Å². The number of rotatable bonds is 11. The maximum absolute atomic E-state index is 12.5. The molecule has 0 saturated carbocycles. The Bertz CT molecular complexity index is 1100. The molecule has 1 aromatic heterocycles. The van der Waals surface area contributed by atoms with E-state index >= 15 is 0 Å². The van der Waals surface area contributed by atoms with Crippen molar-refractivity contribution in [2.45, 2.75) is 62.2 Å². The molecule has 0 amide bonds. The second-order valence-electron chi connectivity index (χ2n) is 8.69. The van der Waals surface area contributed by atoms with Crippen LogP contribution in [0.25, 0.3) is 0 Å². The molecule has 2 saturated heterocycles. The summed E-state index contributed by atoms with van der Waals surface area (Å²) in [6, 6.07) is 1.22. The molecule has 7 N–H and O–H groups in total. The van der Waals surface area contributed by atoms with Crippen molar-refractivity contribution >= 4 is 21.2 Å². The molecule has 3 rings (SSSR count). The molecule has 11 atom stereocenters. The maximum Gasteiger partial charge on any atom is 0.351 e. The van der Waals surface area contributed by atoms with Gasteiger partial charge >= 0.3 is 5.69 Å². The lowest BCUT2D eigenvalue weighted by Gasteiger charge is -2.43. The van der Waals surface area contributed by atoms with Crippen molar-refractivity contribution < 1.29 is 67.5 Å². The molecule has 0 aliphatic carbocycles. The van der Waals surface area contributed by atoms with Crippen molar-refractivity contribution in [3.63, 3.8) is 0 Å². The molecule has 0 bridgehead atoms. The monoisotopic (exact) mass is 589 g/mol. The highest BCUT2D eigenvalue weighted by molar-refractivity contribution is 7.52. The Labute approximate surface area is 215 Å². The van der Waals surface area contributed by atoms with Crippen LogP contribution in [-0.2, 0) is 32.4 Å². The van der Waals surface area contributed by atoms with Crippen LogP contribution in [-0.4, -0.2) is 97.3 Å². The van der Waals surface area contributed by atoms with Crippen molar-refractivity contribution in [1.29, 1.82) is 0 Å². The predicted molar refractivity (Wildman–Crippen MR) is 119 cm³/mol. The molecular formula is C18H29N3O15P2-2. The molecule has 3 heterocycles. The first-order valence-electron chi connectivity index (χ1n) is 11.2. The number of phosphoric ester groups is 1. The largest absolute Gasteiger partial charge is 0.777 e. The SMILES string of the molecule is C[C@H]1C(OCCO)O[C@@H](C(OP(=O)([O-])OC[C@H]2O[C@@H](n3ccc(N)nc3=O)C(O)[C@H]2O)P(=O)([O-])O)C[C@H]1O. The summed E-state index contributed by atoms with van der Waals surface area (Å²) in [5.41, 5.74) is 4.47. The standard InChI is InChI=1S/C18H31N3O15P2/c1-8-9(23)6-10(35-16(8)32-5-4-22)17(37(27,28)29)36-38(30,31)33-7-11-13(24)14(25)15(34-11)21-3-2-12(19)20-18(21)26/h2-3,8-11,13-17,22-25H,4-7H2,1H3,(H,30,31)(H2,19,20,26)(H2,27,28,29)/p-2/t8-,9-,10-,11-,13+,14?,15-,16?,17?/m1/s1. The third-order valence-corrected chi connectivity index (χ3v) is 8.13. The number of aromatic nitrogens is 2. The van der Waals surface area contributed by atoms with E-state index < -0.39 is 95.5 Å². The lowest BCUT2D eigenvalue weighted by Crippen LogP contribution is -2.49. The van der Waals surface area contributed by atoms with E-state index in [9.17, 15) is 43.9 Å². The Morgan fingerprint density at radius 1 is 1.26 bits per heavy atom. The number of hydrogen-bond donors (Lipinski definition) is 6. The second-order valence-corrected chi connectivity index (χ2v) is 11.7. The first kappa shape index (κ1) is 31.2. The van der Waals surface area contributed by atoms with Crippen molar-refractivity contribution in [3.8, 4) is 0 Å². The number of aliphatic hydroxyl groups excluding tert-OH is 4. The van der Waals surface area contributed by atoms with Gasteiger partial charge in [-0.3, -0.25) is 9.13 Å². The van der Waals surface area contributed by atoms with Gasteiger partial charge in [-0.15, -0.1) is 0 Å². The first-order valence-corrected chi connectivity index (χ1v) is 14.3. The van der Waals surface area contributed by atoms with E-state index in [1.165, 1.54) is 13.0 Å². The van der Waals surface area contributed by atoms with Crippen molar-refractivity contribution in [2.24, 2.45) is 5.92 Å². The molecular weight excluding hydrogens is 560 g/mol. The van der Waals surface area contributed by atoms with Gasteiger partial charge in [0.15, 0.2) is 26.0 Å². The van der Waals surface area contributed by atoms with Crippen molar-refractivity contribution in [1.82, 2.24) is 9.55 Å². The summed E-state index contributed by atoms with van der Waals surface area (Å²) in [5, 5.41) is 39.7. The van der Waals surface area contributed by atoms with Crippen molar-refractivity contribution in [3.05, 3.63) is 22.7 Å². The van der Waals surface area contributed by atoms with Crippen LogP contribution < -0.4 is 21.2 Å². The molecule has 0 radical (unpaired) electrons. The average molecular weight is 589 g/mol. The molecule has 0 spiro atoms. The van der Waals surface area contributed by atoms with Gasteiger partial charge in [0.25, 0.3) is 7.82 Å². The molecule has 2 aliphatic rings. The Hall–Kier alpha value is -1.34. The Balaban J connectivity index is 1.69. The zero-order chi connectivity index (χ0) is 28.4. The smallest absolute Gasteiger partial charge is 0.351 e. The number of aliphatic hydroxyl groups is 4. The lowest BCUT2D eigenvalue weighted by molar-refractivity contribution is -0.274. The number of phosphoric acid groups is 1. The lowest BCUT2D eigenvalue weighted by atomic mass is 9.95. The molecule has 18 nitrogen and oxygen atoms in total. The van der Waals surface area contributed by atoms with E-state index in [1.54, 1.807) is 0 Å². The van der Waals surface area contributed by atoms with Gasteiger partial charge < -0.3 is 68.7 Å². The number of hydrogen-bond acceptors (Lipinski definition) is 16. The van der Waals surface area contributed by atoms with Gasteiger partial charge in [0.1, 0.15) is 24.1 Å². The fourth-order valence-electron chi connectivity index (χ4n) is 3.91. The molecule has 2 fully saturated rings. The van der Waals surface area contributed by atoms with Gasteiger partial charge in [-0.2, -0.15) is 4.98 Å². The summed E-state index contributed by atoms with van der Waals surface area (Å²) in [6.07, 6.45) is -10.1. The normalized spacial score (nSPS) is 35.9. The van der Waals surface area contributed by atoms with Crippen LogP contribution in [0.4, 0.5) is 5.82 Å². The topological polar surface area (TPSA) is 288 Å². The van der Waals surface area contributed by atoms with Gasteiger partial charge in [-0.05, 0) is 6.07 Å². The maximum atomic E-state index is 12.5. The Morgan fingerprint density at radius 2 is 1.95 bits per heavy atom. The van der Waals surface area contributed by atoms with Crippen LogP contribution in [0.3, 0.4) is 0 Å². The van der Waals surface area contributed by atoms with Gasteiger partial charge in [0, 0.05) is 18.5 Å². The van der Waals surface area contributed by atoms with E-state index in [0.717, 1.165) is 10.8 Å². The van der Waals surface area contributed by atoms with E-state index in [0.29, 0.717) is 0 Å². The molecule has 1 aromatic rings. The number of anilines is 1. The number of nitrogens with two attached hydrogens (primary N) is 1. The minimum Gasteiger partial charge on any atom is -0.777 e. The van der Waals surface area contributed by atoms with E-state index in [2.05, 4.69) is 14.0 Å². The summed E-state index contributed by atoms with van der Waals surface area (Å²) in [4.78, 5) is 49.6. The minimum atomic E-state index is -5.61. The van der Waals surface area contributed by atoms with Gasteiger partial charge in [-0.25, -0.2) is 4.79 Å². The molecule has 2 aliphatic heterocycles. The zero-order valence-electron chi connectivity index (χ0n) is 19.9. The average Bonchev–Trinajstić information content (AvgIpc) is 3.10. The van der Waals surface area contributed by atoms with Gasteiger partial charge in [0.2, 0.25) is 0 Å². The van der Waals surface area contributed by atoms with Crippen LogP contribution in [0.2, 0.25) is 0 Å². The third kappa shape index (κ3) is 7.44. The van der Waals surface area contributed by atoms with E-state index in [-0.39, 0.29) is 12.4 Å². The van der Waals surface area contributed by atoms with Crippen LogP contribution in [0.15, 0.2) is 17.1 Å². The molecule has 218 valence electrons. The fraction of sp³-hybridized carbons (Fsp3) is 0.778.